The Morgan fingerprint density at radius 1 is 1.35 bits per heavy atom. The van der Waals surface area contributed by atoms with E-state index in [1.54, 1.807) is 45.0 Å². The molecule has 1 aliphatic rings. The number of fused-ring (bicyclic) bond motifs is 1. The maximum absolute atomic E-state index is 13.6. The van der Waals surface area contributed by atoms with Crippen molar-refractivity contribution in [2.75, 3.05) is 18.7 Å². The van der Waals surface area contributed by atoms with Crippen LogP contribution in [0.15, 0.2) is 28.8 Å². The van der Waals surface area contributed by atoms with E-state index in [2.05, 4.69) is 10.5 Å². The Morgan fingerprint density at radius 3 is 2.65 bits per heavy atom. The SMILES string of the molecule is COCN1C(=O)[C@](Cc2onc(C)c2[N+](=O)[O-])(NC(=O)OC(C)(C)C)c2ccccc21. The van der Waals surface area contributed by atoms with Gasteiger partial charge in [-0.05, 0) is 33.8 Å². The highest BCUT2D eigenvalue weighted by Gasteiger charge is 2.54. The van der Waals surface area contributed by atoms with Crippen LogP contribution in [0.4, 0.5) is 16.2 Å². The number of alkyl carbamates (subject to hydrolysis) is 1. The molecule has 166 valence electrons. The average Bonchev–Trinajstić information content (AvgIpc) is 3.12. The van der Waals surface area contributed by atoms with Gasteiger partial charge < -0.3 is 19.3 Å². The van der Waals surface area contributed by atoms with E-state index < -0.39 is 28.1 Å². The third-order valence-corrected chi connectivity index (χ3v) is 4.75. The number of methoxy groups -OCH3 is 1. The monoisotopic (exact) mass is 432 g/mol. The summed E-state index contributed by atoms with van der Waals surface area (Å²) in [6.07, 6.45) is -1.19. The third-order valence-electron chi connectivity index (χ3n) is 4.75. The Morgan fingerprint density at radius 2 is 2.03 bits per heavy atom. The minimum atomic E-state index is -1.71. The van der Waals surface area contributed by atoms with Crippen LogP contribution in [0.3, 0.4) is 0 Å². The van der Waals surface area contributed by atoms with Crippen molar-refractivity contribution in [3.8, 4) is 0 Å². The highest BCUT2D eigenvalue weighted by molar-refractivity contribution is 6.09. The number of benzene rings is 1. The zero-order chi connectivity index (χ0) is 23.0. The van der Waals surface area contributed by atoms with Gasteiger partial charge in [0, 0.05) is 12.7 Å². The summed E-state index contributed by atoms with van der Waals surface area (Å²) in [5.74, 6) is -0.675. The number of carbonyl (C=O) groups is 2. The number of nitro groups is 1. The molecule has 1 aromatic carbocycles. The van der Waals surface area contributed by atoms with Crippen molar-refractivity contribution >= 4 is 23.4 Å². The van der Waals surface area contributed by atoms with Crippen LogP contribution in [0.2, 0.25) is 0 Å². The van der Waals surface area contributed by atoms with Gasteiger partial charge in [0.25, 0.3) is 5.91 Å². The van der Waals surface area contributed by atoms with Gasteiger partial charge in [-0.25, -0.2) is 4.79 Å². The van der Waals surface area contributed by atoms with E-state index in [0.29, 0.717) is 11.3 Å². The van der Waals surface area contributed by atoms with Gasteiger partial charge in [0.15, 0.2) is 11.2 Å². The molecule has 0 bridgehead atoms. The maximum Gasteiger partial charge on any atom is 0.408 e. The molecule has 11 heteroatoms. The summed E-state index contributed by atoms with van der Waals surface area (Å²) < 4.78 is 15.7. The first kappa shape index (κ1) is 22.2. The molecule has 0 saturated heterocycles. The number of amides is 2. The molecule has 31 heavy (non-hydrogen) atoms. The van der Waals surface area contributed by atoms with Crippen molar-refractivity contribution in [3.05, 3.63) is 51.4 Å². The van der Waals surface area contributed by atoms with Crippen LogP contribution >= 0.6 is 0 Å². The van der Waals surface area contributed by atoms with Gasteiger partial charge >= 0.3 is 11.8 Å². The molecule has 1 aliphatic heterocycles. The molecule has 1 aromatic heterocycles. The van der Waals surface area contributed by atoms with Gasteiger partial charge in [-0.2, -0.15) is 0 Å². The van der Waals surface area contributed by atoms with Gasteiger partial charge in [0.05, 0.1) is 17.0 Å². The third kappa shape index (κ3) is 4.08. The van der Waals surface area contributed by atoms with E-state index in [9.17, 15) is 19.7 Å². The highest BCUT2D eigenvalue weighted by atomic mass is 16.6. The topological polar surface area (TPSA) is 137 Å². The zero-order valence-corrected chi connectivity index (χ0v) is 17.9. The molecular weight excluding hydrogens is 408 g/mol. The molecule has 0 unspecified atom stereocenters. The number of ether oxygens (including phenoxy) is 2. The summed E-state index contributed by atoms with van der Waals surface area (Å²) in [5.41, 5.74) is -1.88. The number of para-hydroxylation sites is 1. The summed E-state index contributed by atoms with van der Waals surface area (Å²) >= 11 is 0. The second-order valence-electron chi connectivity index (χ2n) is 8.17. The molecule has 2 amide bonds. The first-order valence-corrected chi connectivity index (χ1v) is 9.51. The minimum Gasteiger partial charge on any atom is -0.444 e. The summed E-state index contributed by atoms with van der Waals surface area (Å²) in [7, 11) is 1.43. The van der Waals surface area contributed by atoms with Gasteiger partial charge in [-0.15, -0.1) is 0 Å². The number of nitrogens with one attached hydrogen (secondary N) is 1. The number of carbonyl (C=O) groups excluding carboxylic acids is 2. The van der Waals surface area contributed by atoms with E-state index in [-0.39, 0.29) is 30.3 Å². The number of aromatic nitrogens is 1. The van der Waals surface area contributed by atoms with Gasteiger partial charge in [0.2, 0.25) is 5.76 Å². The fraction of sp³-hybridized carbons (Fsp3) is 0.450. The lowest BCUT2D eigenvalue weighted by Crippen LogP contribution is -2.55. The molecule has 0 radical (unpaired) electrons. The number of nitrogens with zero attached hydrogens (tertiary/aromatic N) is 3. The Hall–Kier alpha value is -3.47. The van der Waals surface area contributed by atoms with Crippen molar-refractivity contribution in [1.82, 2.24) is 10.5 Å². The second-order valence-corrected chi connectivity index (χ2v) is 8.17. The molecule has 2 aromatic rings. The molecular formula is C20H24N4O7. The smallest absolute Gasteiger partial charge is 0.408 e. The van der Waals surface area contributed by atoms with E-state index in [1.807, 2.05) is 0 Å². The molecule has 0 aliphatic carbocycles. The number of rotatable bonds is 6. The molecule has 2 heterocycles. The van der Waals surface area contributed by atoms with Crippen LogP contribution in [0.5, 0.6) is 0 Å². The lowest BCUT2D eigenvalue weighted by molar-refractivity contribution is -0.386. The van der Waals surface area contributed by atoms with Crippen LogP contribution in [0, 0.1) is 17.0 Å². The molecule has 1 atom stereocenters. The van der Waals surface area contributed by atoms with Crippen LogP contribution in [-0.4, -0.2) is 41.5 Å². The minimum absolute atomic E-state index is 0.0693. The maximum atomic E-state index is 13.6. The van der Waals surface area contributed by atoms with Crippen molar-refractivity contribution in [3.63, 3.8) is 0 Å². The van der Waals surface area contributed by atoms with Gasteiger partial charge in [-0.1, -0.05) is 23.4 Å². The first-order chi connectivity index (χ1) is 14.5. The Kier molecular flexibility index (Phi) is 5.72. The van der Waals surface area contributed by atoms with E-state index in [4.69, 9.17) is 14.0 Å². The predicted octanol–water partition coefficient (Wildman–Crippen LogP) is 2.80. The van der Waals surface area contributed by atoms with Crippen LogP contribution in [0.25, 0.3) is 0 Å². The van der Waals surface area contributed by atoms with E-state index in [1.165, 1.54) is 18.9 Å². The van der Waals surface area contributed by atoms with Crippen LogP contribution < -0.4 is 10.2 Å². The summed E-state index contributed by atoms with van der Waals surface area (Å²) in [5, 5.41) is 17.9. The van der Waals surface area contributed by atoms with Crippen molar-refractivity contribution < 1.29 is 28.5 Å². The number of hydrogen-bond donors (Lipinski definition) is 1. The van der Waals surface area contributed by atoms with E-state index in [0.717, 1.165) is 0 Å². The molecule has 3 rings (SSSR count). The Bertz CT molecular complexity index is 1030. The highest BCUT2D eigenvalue weighted by Crippen LogP contribution is 2.43. The molecule has 11 nitrogen and oxygen atoms in total. The van der Waals surface area contributed by atoms with Crippen molar-refractivity contribution in [2.24, 2.45) is 0 Å². The van der Waals surface area contributed by atoms with Gasteiger partial charge in [-0.3, -0.25) is 19.8 Å². The molecule has 0 saturated carbocycles. The quantitative estimate of drug-likeness (QED) is 0.543. The Labute approximate surface area is 178 Å². The predicted molar refractivity (Wildman–Crippen MR) is 108 cm³/mol. The van der Waals surface area contributed by atoms with Gasteiger partial charge in [0.1, 0.15) is 12.3 Å². The van der Waals surface area contributed by atoms with E-state index >= 15 is 0 Å². The van der Waals surface area contributed by atoms with Crippen LogP contribution in [-0.2, 0) is 26.2 Å². The zero-order valence-electron chi connectivity index (χ0n) is 17.9. The molecule has 1 N–H and O–H groups in total. The first-order valence-electron chi connectivity index (χ1n) is 9.51. The molecule has 0 spiro atoms. The van der Waals surface area contributed by atoms with Crippen molar-refractivity contribution in [1.29, 1.82) is 0 Å². The summed E-state index contributed by atoms with van der Waals surface area (Å²) in [4.78, 5) is 38.6. The molecule has 0 fully saturated rings. The lowest BCUT2D eigenvalue weighted by Gasteiger charge is -2.30. The number of aryl methyl sites for hydroxylation is 1. The lowest BCUT2D eigenvalue weighted by atomic mass is 9.86. The Balaban J connectivity index is 2.15. The average molecular weight is 432 g/mol. The fourth-order valence-electron chi connectivity index (χ4n) is 3.60. The number of anilines is 1. The largest absolute Gasteiger partial charge is 0.444 e. The normalized spacial score (nSPS) is 18.1. The summed E-state index contributed by atoms with van der Waals surface area (Å²) in [6.45, 7) is 6.41. The standard InChI is InChI=1S/C20H24N4O7/c1-12-16(24(27)28)15(31-22-12)10-20(21-18(26)30-19(2,3)4)13-8-6-7-9-14(13)23(11-29-5)17(20)25/h6-9H,10-11H2,1-5H3,(H,21,26)/t20-/m1/s1. The second kappa shape index (κ2) is 7.99. The van der Waals surface area contributed by atoms with Crippen molar-refractivity contribution in [2.45, 2.75) is 45.3 Å². The number of hydrogen-bond acceptors (Lipinski definition) is 8. The summed E-state index contributed by atoms with van der Waals surface area (Å²) in [6, 6.07) is 6.80. The fourth-order valence-corrected chi connectivity index (χ4v) is 3.60. The van der Waals surface area contributed by atoms with Crippen LogP contribution in [0.1, 0.15) is 37.8 Å².